The molecule has 0 radical (unpaired) electrons. The molecule has 0 spiro atoms. The maximum Gasteiger partial charge on any atom is 0.0471 e. The first-order valence-corrected chi connectivity index (χ1v) is 5.09. The van der Waals surface area contributed by atoms with Gasteiger partial charge in [-0.3, -0.25) is 0 Å². The second-order valence-electron chi connectivity index (χ2n) is 3.08. The van der Waals surface area contributed by atoms with Crippen LogP contribution < -0.4 is 0 Å². The van der Waals surface area contributed by atoms with Gasteiger partial charge in [-0.25, -0.2) is 0 Å². The lowest BCUT2D eigenvalue weighted by Gasteiger charge is -2.31. The van der Waals surface area contributed by atoms with Crippen LogP contribution in [0.1, 0.15) is 33.6 Å². The van der Waals surface area contributed by atoms with E-state index in [-0.39, 0.29) is 0 Å². The first-order valence-electron chi connectivity index (χ1n) is 4.45. The summed E-state index contributed by atoms with van der Waals surface area (Å²) in [7, 11) is 0. The van der Waals surface area contributed by atoms with E-state index in [4.69, 9.17) is 4.74 Å². The van der Waals surface area contributed by atoms with Gasteiger partial charge >= 0.3 is 0 Å². The van der Waals surface area contributed by atoms with Gasteiger partial charge in [0.25, 0.3) is 0 Å². The lowest BCUT2D eigenvalue weighted by Crippen LogP contribution is -2.27. The minimum Gasteiger partial charge on any atom is -0.381 e. The molecule has 1 aliphatic heterocycles. The Morgan fingerprint density at radius 1 is 1.27 bits per heavy atom. The molecule has 68 valence electrons. The van der Waals surface area contributed by atoms with Crippen LogP contribution in [0.15, 0.2) is 0 Å². The summed E-state index contributed by atoms with van der Waals surface area (Å²) >= 11 is 4.29. The van der Waals surface area contributed by atoms with E-state index >= 15 is 0 Å². The highest BCUT2D eigenvalue weighted by Gasteiger charge is 2.24. The predicted octanol–water partition coefficient (Wildman–Crippen LogP) is 2.76. The van der Waals surface area contributed by atoms with E-state index in [0.29, 0.717) is 5.41 Å². The molecule has 0 N–H and O–H groups in total. The molecule has 0 aromatic rings. The van der Waals surface area contributed by atoms with Crippen LogP contribution in [0, 0.1) is 5.41 Å². The van der Waals surface area contributed by atoms with Gasteiger partial charge in [0.05, 0.1) is 0 Å². The van der Waals surface area contributed by atoms with Gasteiger partial charge < -0.3 is 4.74 Å². The van der Waals surface area contributed by atoms with Crippen LogP contribution in [0.5, 0.6) is 0 Å². The summed E-state index contributed by atoms with van der Waals surface area (Å²) in [4.78, 5) is 0. The summed E-state index contributed by atoms with van der Waals surface area (Å²) < 4.78 is 5.23. The van der Waals surface area contributed by atoms with Gasteiger partial charge in [-0.05, 0) is 24.0 Å². The van der Waals surface area contributed by atoms with Crippen molar-refractivity contribution in [3.8, 4) is 0 Å². The summed E-state index contributed by atoms with van der Waals surface area (Å²) in [5.74, 6) is 0.996. The van der Waals surface area contributed by atoms with Crippen molar-refractivity contribution in [2.24, 2.45) is 5.41 Å². The molecule has 0 saturated carbocycles. The average Bonchev–Trinajstić information content (AvgIpc) is 2.10. The Bertz CT molecular complexity index is 87.6. The van der Waals surface area contributed by atoms with Crippen LogP contribution in [-0.4, -0.2) is 19.0 Å². The first-order chi connectivity index (χ1) is 5.27. The Morgan fingerprint density at radius 2 is 1.73 bits per heavy atom. The molecule has 1 fully saturated rings. The molecule has 1 nitrogen and oxygen atoms in total. The van der Waals surface area contributed by atoms with E-state index in [9.17, 15) is 0 Å². The fourth-order valence-electron chi connectivity index (χ4n) is 1.02. The fourth-order valence-corrected chi connectivity index (χ4v) is 1.34. The van der Waals surface area contributed by atoms with Crippen molar-refractivity contribution in [3.63, 3.8) is 0 Å². The standard InChI is InChI=1S/C7H14OS.C2H6/c1-7(6-9)2-4-8-5-3-7;1-2/h9H,2-6H2,1H3;1-2H3. The lowest BCUT2D eigenvalue weighted by molar-refractivity contribution is 0.0350. The van der Waals surface area contributed by atoms with Crippen LogP contribution in [0.2, 0.25) is 0 Å². The zero-order chi connectivity index (χ0) is 8.74. The molecular weight excluding hydrogens is 156 g/mol. The minimum absolute atomic E-state index is 0.460. The molecule has 0 unspecified atom stereocenters. The Balaban J connectivity index is 0.000000461. The zero-order valence-electron chi connectivity index (χ0n) is 7.89. The smallest absolute Gasteiger partial charge is 0.0471 e. The molecule has 0 aromatic carbocycles. The molecule has 0 amide bonds. The van der Waals surface area contributed by atoms with Crippen molar-refractivity contribution in [1.82, 2.24) is 0 Å². The fraction of sp³-hybridized carbons (Fsp3) is 1.00. The Labute approximate surface area is 75.9 Å². The molecule has 0 atom stereocenters. The van der Waals surface area contributed by atoms with Crippen LogP contribution in [0.4, 0.5) is 0 Å². The van der Waals surface area contributed by atoms with E-state index in [2.05, 4.69) is 19.6 Å². The summed E-state index contributed by atoms with van der Waals surface area (Å²) in [6, 6.07) is 0. The SMILES string of the molecule is CC.CC1(CS)CCOCC1. The summed E-state index contributed by atoms with van der Waals surface area (Å²) in [5, 5.41) is 0. The van der Waals surface area contributed by atoms with E-state index in [0.717, 1.165) is 19.0 Å². The maximum absolute atomic E-state index is 5.23. The molecule has 1 saturated heterocycles. The number of ether oxygens (including phenoxy) is 1. The molecule has 0 bridgehead atoms. The van der Waals surface area contributed by atoms with Crippen molar-refractivity contribution >= 4 is 12.6 Å². The van der Waals surface area contributed by atoms with E-state index in [1.54, 1.807) is 0 Å². The highest BCUT2D eigenvalue weighted by Crippen LogP contribution is 2.30. The van der Waals surface area contributed by atoms with Crippen molar-refractivity contribution in [2.45, 2.75) is 33.6 Å². The van der Waals surface area contributed by atoms with Gasteiger partial charge in [0.2, 0.25) is 0 Å². The highest BCUT2D eigenvalue weighted by molar-refractivity contribution is 7.80. The van der Waals surface area contributed by atoms with E-state index < -0.39 is 0 Å². The van der Waals surface area contributed by atoms with Gasteiger partial charge in [0.15, 0.2) is 0 Å². The van der Waals surface area contributed by atoms with Crippen molar-refractivity contribution in [2.75, 3.05) is 19.0 Å². The van der Waals surface area contributed by atoms with Crippen molar-refractivity contribution in [3.05, 3.63) is 0 Å². The largest absolute Gasteiger partial charge is 0.381 e. The van der Waals surface area contributed by atoms with E-state index in [1.165, 1.54) is 12.8 Å². The average molecular weight is 176 g/mol. The lowest BCUT2D eigenvalue weighted by atomic mass is 9.85. The van der Waals surface area contributed by atoms with E-state index in [1.807, 2.05) is 13.8 Å². The first kappa shape index (κ1) is 11.3. The van der Waals surface area contributed by atoms with Crippen LogP contribution in [-0.2, 0) is 4.74 Å². The van der Waals surface area contributed by atoms with Crippen LogP contribution in [0.3, 0.4) is 0 Å². The summed E-state index contributed by atoms with van der Waals surface area (Å²) in [6.07, 6.45) is 2.35. The normalized spacial score (nSPS) is 21.8. The van der Waals surface area contributed by atoms with Gasteiger partial charge in [-0.1, -0.05) is 20.8 Å². The van der Waals surface area contributed by atoms with Gasteiger partial charge in [0.1, 0.15) is 0 Å². The van der Waals surface area contributed by atoms with Crippen molar-refractivity contribution in [1.29, 1.82) is 0 Å². The quantitative estimate of drug-likeness (QED) is 0.604. The topological polar surface area (TPSA) is 9.23 Å². The molecule has 2 heteroatoms. The molecule has 0 aliphatic carbocycles. The van der Waals surface area contributed by atoms with Gasteiger partial charge in [0, 0.05) is 13.2 Å². The molecular formula is C9H20OS. The third kappa shape index (κ3) is 4.02. The number of rotatable bonds is 1. The molecule has 1 rings (SSSR count). The molecule has 0 aromatic heterocycles. The molecule has 11 heavy (non-hydrogen) atoms. The van der Waals surface area contributed by atoms with Crippen LogP contribution >= 0.6 is 12.6 Å². The monoisotopic (exact) mass is 176 g/mol. The second-order valence-corrected chi connectivity index (χ2v) is 3.40. The minimum atomic E-state index is 0.460. The third-order valence-corrected chi connectivity index (χ3v) is 2.85. The van der Waals surface area contributed by atoms with Gasteiger partial charge in [-0.2, -0.15) is 12.6 Å². The Hall–Kier alpha value is 0.310. The van der Waals surface area contributed by atoms with Gasteiger partial charge in [-0.15, -0.1) is 0 Å². The Morgan fingerprint density at radius 3 is 2.00 bits per heavy atom. The Kier molecular flexibility index (Phi) is 6.06. The zero-order valence-corrected chi connectivity index (χ0v) is 8.79. The number of hydrogen-bond donors (Lipinski definition) is 1. The number of thiol groups is 1. The predicted molar refractivity (Wildman–Crippen MR) is 53.4 cm³/mol. The third-order valence-electron chi connectivity index (χ3n) is 2.08. The summed E-state index contributed by atoms with van der Waals surface area (Å²) in [5.41, 5.74) is 0.460. The molecule has 1 aliphatic rings. The summed E-state index contributed by atoms with van der Waals surface area (Å²) in [6.45, 7) is 8.14. The second kappa shape index (κ2) is 5.90. The van der Waals surface area contributed by atoms with Crippen molar-refractivity contribution < 1.29 is 4.74 Å². The maximum atomic E-state index is 5.23. The van der Waals surface area contributed by atoms with Crippen LogP contribution in [0.25, 0.3) is 0 Å². The number of hydrogen-bond acceptors (Lipinski definition) is 2. The highest BCUT2D eigenvalue weighted by atomic mass is 32.1. The molecule has 1 heterocycles.